The summed E-state index contributed by atoms with van der Waals surface area (Å²) < 4.78 is 14.1. The predicted molar refractivity (Wildman–Crippen MR) is 78.1 cm³/mol. The average Bonchev–Trinajstić information content (AvgIpc) is 2.38. The molecule has 0 bridgehead atoms. The molecular formula is C16H17ClFN. The van der Waals surface area contributed by atoms with Gasteiger partial charge in [-0.1, -0.05) is 48.9 Å². The second-order valence-corrected chi connectivity index (χ2v) is 4.95. The highest BCUT2D eigenvalue weighted by atomic mass is 35.5. The number of benzene rings is 2. The SMILES string of the molecule is CCNC(c1ccccc1C)c1ccc(Cl)cc1F. The summed E-state index contributed by atoms with van der Waals surface area (Å²) in [6.45, 7) is 4.81. The van der Waals surface area contributed by atoms with E-state index in [9.17, 15) is 4.39 Å². The zero-order chi connectivity index (χ0) is 13.8. The van der Waals surface area contributed by atoms with Crippen LogP contribution in [-0.2, 0) is 0 Å². The Morgan fingerprint density at radius 2 is 1.89 bits per heavy atom. The first-order chi connectivity index (χ1) is 9.13. The van der Waals surface area contributed by atoms with E-state index in [4.69, 9.17) is 11.6 Å². The Morgan fingerprint density at radius 1 is 1.16 bits per heavy atom. The van der Waals surface area contributed by atoms with Gasteiger partial charge in [-0.2, -0.15) is 0 Å². The minimum Gasteiger partial charge on any atom is -0.306 e. The molecule has 0 saturated carbocycles. The number of hydrogen-bond acceptors (Lipinski definition) is 1. The third-order valence-corrected chi connectivity index (χ3v) is 3.42. The zero-order valence-electron chi connectivity index (χ0n) is 11.1. The Labute approximate surface area is 118 Å². The van der Waals surface area contributed by atoms with Gasteiger partial charge in [0, 0.05) is 10.6 Å². The molecule has 0 fully saturated rings. The molecule has 3 heteroatoms. The van der Waals surface area contributed by atoms with Crippen LogP contribution < -0.4 is 5.32 Å². The van der Waals surface area contributed by atoms with Gasteiger partial charge in [0.25, 0.3) is 0 Å². The number of hydrogen-bond donors (Lipinski definition) is 1. The van der Waals surface area contributed by atoms with Gasteiger partial charge in [-0.05, 0) is 36.7 Å². The topological polar surface area (TPSA) is 12.0 Å². The van der Waals surface area contributed by atoms with Crippen molar-refractivity contribution in [1.82, 2.24) is 5.32 Å². The minimum absolute atomic E-state index is 0.150. The summed E-state index contributed by atoms with van der Waals surface area (Å²) in [5.74, 6) is -0.276. The molecule has 0 spiro atoms. The molecule has 1 N–H and O–H groups in total. The van der Waals surface area contributed by atoms with E-state index in [0.29, 0.717) is 10.6 Å². The molecule has 0 amide bonds. The molecule has 0 aliphatic rings. The number of aryl methyl sites for hydroxylation is 1. The zero-order valence-corrected chi connectivity index (χ0v) is 11.8. The molecule has 100 valence electrons. The molecule has 1 atom stereocenters. The van der Waals surface area contributed by atoms with Gasteiger partial charge in [0.1, 0.15) is 5.82 Å². The number of nitrogens with one attached hydrogen (secondary N) is 1. The van der Waals surface area contributed by atoms with Crippen LogP contribution in [0.2, 0.25) is 5.02 Å². The predicted octanol–water partition coefficient (Wildman–Crippen LogP) is 4.49. The van der Waals surface area contributed by atoms with Gasteiger partial charge in [0.05, 0.1) is 6.04 Å². The molecular weight excluding hydrogens is 261 g/mol. The Morgan fingerprint density at radius 3 is 2.53 bits per heavy atom. The largest absolute Gasteiger partial charge is 0.306 e. The van der Waals surface area contributed by atoms with Crippen molar-refractivity contribution < 1.29 is 4.39 Å². The first-order valence-electron chi connectivity index (χ1n) is 6.37. The third-order valence-electron chi connectivity index (χ3n) is 3.18. The van der Waals surface area contributed by atoms with Crippen molar-refractivity contribution in [1.29, 1.82) is 0 Å². The quantitative estimate of drug-likeness (QED) is 0.868. The lowest BCUT2D eigenvalue weighted by molar-refractivity contribution is 0.558. The Hall–Kier alpha value is -1.38. The molecule has 0 heterocycles. The molecule has 0 aromatic heterocycles. The highest BCUT2D eigenvalue weighted by Crippen LogP contribution is 2.28. The minimum atomic E-state index is -0.276. The second-order valence-electron chi connectivity index (χ2n) is 4.51. The van der Waals surface area contributed by atoms with Crippen LogP contribution in [0.25, 0.3) is 0 Å². The van der Waals surface area contributed by atoms with Gasteiger partial charge in [0.15, 0.2) is 0 Å². The van der Waals surface area contributed by atoms with Gasteiger partial charge in [-0.3, -0.25) is 0 Å². The summed E-state index contributed by atoms with van der Waals surface area (Å²) in [7, 11) is 0. The molecule has 1 nitrogen and oxygen atoms in total. The maximum atomic E-state index is 14.1. The van der Waals surface area contributed by atoms with Gasteiger partial charge < -0.3 is 5.32 Å². The van der Waals surface area contributed by atoms with Crippen LogP contribution in [0, 0.1) is 12.7 Å². The maximum Gasteiger partial charge on any atom is 0.129 e. The average molecular weight is 278 g/mol. The number of rotatable bonds is 4. The van der Waals surface area contributed by atoms with E-state index in [1.54, 1.807) is 12.1 Å². The van der Waals surface area contributed by atoms with Crippen LogP contribution in [0.5, 0.6) is 0 Å². The van der Waals surface area contributed by atoms with E-state index in [1.165, 1.54) is 6.07 Å². The van der Waals surface area contributed by atoms with E-state index < -0.39 is 0 Å². The first kappa shape index (κ1) is 14.0. The fourth-order valence-corrected chi connectivity index (χ4v) is 2.40. The monoisotopic (exact) mass is 277 g/mol. The van der Waals surface area contributed by atoms with Crippen LogP contribution in [0.4, 0.5) is 4.39 Å². The third kappa shape index (κ3) is 3.14. The van der Waals surface area contributed by atoms with Crippen molar-refractivity contribution in [3.05, 3.63) is 70.0 Å². The van der Waals surface area contributed by atoms with Crippen molar-refractivity contribution in [2.24, 2.45) is 0 Å². The molecule has 0 radical (unpaired) electrons. The van der Waals surface area contributed by atoms with E-state index in [0.717, 1.165) is 17.7 Å². The summed E-state index contributed by atoms with van der Waals surface area (Å²) in [4.78, 5) is 0. The fraction of sp³-hybridized carbons (Fsp3) is 0.250. The number of halogens is 2. The van der Waals surface area contributed by atoms with Gasteiger partial charge in [0.2, 0.25) is 0 Å². The summed E-state index contributed by atoms with van der Waals surface area (Å²) >= 11 is 5.82. The summed E-state index contributed by atoms with van der Waals surface area (Å²) in [5.41, 5.74) is 2.86. The fourth-order valence-electron chi connectivity index (χ4n) is 2.24. The molecule has 0 aliphatic carbocycles. The van der Waals surface area contributed by atoms with Gasteiger partial charge >= 0.3 is 0 Å². The van der Waals surface area contributed by atoms with Crippen LogP contribution in [-0.4, -0.2) is 6.54 Å². The van der Waals surface area contributed by atoms with Crippen LogP contribution in [0.3, 0.4) is 0 Å². The van der Waals surface area contributed by atoms with Gasteiger partial charge in [-0.25, -0.2) is 4.39 Å². The van der Waals surface area contributed by atoms with Crippen molar-refractivity contribution in [3.63, 3.8) is 0 Å². The summed E-state index contributed by atoms with van der Waals surface area (Å²) in [6.07, 6.45) is 0. The Bertz CT molecular complexity index is 568. The lowest BCUT2D eigenvalue weighted by Crippen LogP contribution is -2.23. The van der Waals surface area contributed by atoms with Crippen molar-refractivity contribution in [2.75, 3.05) is 6.54 Å². The summed E-state index contributed by atoms with van der Waals surface area (Å²) in [5, 5.41) is 3.75. The van der Waals surface area contributed by atoms with Crippen LogP contribution >= 0.6 is 11.6 Å². The molecule has 19 heavy (non-hydrogen) atoms. The molecule has 0 saturated heterocycles. The summed E-state index contributed by atoms with van der Waals surface area (Å²) in [6, 6.07) is 12.7. The van der Waals surface area contributed by atoms with Gasteiger partial charge in [-0.15, -0.1) is 0 Å². The second kappa shape index (κ2) is 6.18. The normalized spacial score (nSPS) is 12.4. The molecule has 0 aliphatic heterocycles. The Balaban J connectivity index is 2.48. The molecule has 2 aromatic carbocycles. The molecule has 1 unspecified atom stereocenters. The van der Waals surface area contributed by atoms with E-state index in [1.807, 2.05) is 38.1 Å². The highest BCUT2D eigenvalue weighted by molar-refractivity contribution is 6.30. The standard InChI is InChI=1S/C16H17ClFN/c1-3-19-16(13-7-5-4-6-11(13)2)14-9-8-12(17)10-15(14)18/h4-10,16,19H,3H2,1-2H3. The van der Waals surface area contributed by atoms with E-state index in [-0.39, 0.29) is 11.9 Å². The Kier molecular flexibility index (Phi) is 4.56. The lowest BCUT2D eigenvalue weighted by atomic mass is 9.94. The van der Waals surface area contributed by atoms with Crippen molar-refractivity contribution >= 4 is 11.6 Å². The van der Waals surface area contributed by atoms with Crippen LogP contribution in [0.15, 0.2) is 42.5 Å². The van der Waals surface area contributed by atoms with E-state index >= 15 is 0 Å². The maximum absolute atomic E-state index is 14.1. The van der Waals surface area contributed by atoms with E-state index in [2.05, 4.69) is 5.32 Å². The van der Waals surface area contributed by atoms with Crippen LogP contribution in [0.1, 0.15) is 29.7 Å². The van der Waals surface area contributed by atoms with Crippen molar-refractivity contribution in [3.8, 4) is 0 Å². The van der Waals surface area contributed by atoms with Crippen molar-refractivity contribution in [2.45, 2.75) is 19.9 Å². The lowest BCUT2D eigenvalue weighted by Gasteiger charge is -2.21. The smallest absolute Gasteiger partial charge is 0.129 e. The molecule has 2 rings (SSSR count). The molecule has 2 aromatic rings. The first-order valence-corrected chi connectivity index (χ1v) is 6.75. The highest BCUT2D eigenvalue weighted by Gasteiger charge is 2.18.